The molecular formula is C10H13ClN2O4S. The number of hydrogen-bond acceptors (Lipinski definition) is 6. The fourth-order valence-electron chi connectivity index (χ4n) is 1.77. The largest absolute Gasteiger partial charge is 0.464 e. The van der Waals surface area contributed by atoms with Gasteiger partial charge in [-0.2, -0.15) is 0 Å². The molecule has 0 radical (unpaired) electrons. The van der Waals surface area contributed by atoms with E-state index >= 15 is 0 Å². The number of anilines is 1. The zero-order valence-electron chi connectivity index (χ0n) is 9.67. The average Bonchev–Trinajstić information content (AvgIpc) is 2.68. The number of nitrogens with zero attached hydrogens (tertiary/aromatic N) is 2. The number of halogens is 1. The lowest BCUT2D eigenvalue weighted by Crippen LogP contribution is -2.22. The minimum atomic E-state index is -2.81. The second-order valence-corrected chi connectivity index (χ2v) is 6.26. The summed E-state index contributed by atoms with van der Waals surface area (Å²) in [6.07, 6.45) is 0.678. The highest BCUT2D eigenvalue weighted by Crippen LogP contribution is 2.52. The van der Waals surface area contributed by atoms with Crippen molar-refractivity contribution < 1.29 is 18.6 Å². The van der Waals surface area contributed by atoms with Crippen LogP contribution in [0.25, 0.3) is 0 Å². The van der Waals surface area contributed by atoms with Crippen molar-refractivity contribution in [3.05, 3.63) is 23.0 Å². The van der Waals surface area contributed by atoms with Crippen LogP contribution < -0.4 is 4.31 Å². The minimum absolute atomic E-state index is 0.0553. The third-order valence-corrected chi connectivity index (χ3v) is 4.82. The van der Waals surface area contributed by atoms with E-state index in [1.165, 1.54) is 17.5 Å². The van der Waals surface area contributed by atoms with E-state index in [0.29, 0.717) is 24.4 Å². The standard InChI is InChI=1S/C10H13ClN2O4S/c1-17-10(14)7-3-4-8(9(11)12-7)13-5-2-6-18(13,15)16/h3-4,15-16H,2,5-6H2,1H3. The molecule has 6 nitrogen and oxygen atoms in total. The molecule has 2 rings (SSSR count). The molecule has 0 bridgehead atoms. The van der Waals surface area contributed by atoms with E-state index in [9.17, 15) is 13.9 Å². The number of hydrogen-bond donors (Lipinski definition) is 2. The first-order chi connectivity index (χ1) is 8.45. The van der Waals surface area contributed by atoms with Crippen LogP contribution >= 0.6 is 22.4 Å². The van der Waals surface area contributed by atoms with E-state index in [4.69, 9.17) is 11.6 Å². The van der Waals surface area contributed by atoms with Gasteiger partial charge in [0.25, 0.3) is 0 Å². The molecule has 100 valence electrons. The van der Waals surface area contributed by atoms with Crippen LogP contribution in [0.3, 0.4) is 0 Å². The maximum atomic E-state index is 11.3. The molecule has 1 saturated heterocycles. The third kappa shape index (κ3) is 2.39. The average molecular weight is 293 g/mol. The Morgan fingerprint density at radius 3 is 2.78 bits per heavy atom. The van der Waals surface area contributed by atoms with Gasteiger partial charge >= 0.3 is 5.97 Å². The molecule has 2 heterocycles. The van der Waals surface area contributed by atoms with E-state index < -0.39 is 16.7 Å². The van der Waals surface area contributed by atoms with Crippen LogP contribution in [0.5, 0.6) is 0 Å². The van der Waals surface area contributed by atoms with E-state index in [1.807, 2.05) is 0 Å². The number of methoxy groups -OCH3 is 1. The Hall–Kier alpha value is -1.02. The summed E-state index contributed by atoms with van der Waals surface area (Å²) in [5.74, 6) is -0.265. The van der Waals surface area contributed by atoms with Gasteiger partial charge in [0.1, 0.15) is 5.69 Å². The minimum Gasteiger partial charge on any atom is -0.464 e. The Morgan fingerprint density at radius 2 is 2.28 bits per heavy atom. The fourth-order valence-corrected chi connectivity index (χ4v) is 3.69. The quantitative estimate of drug-likeness (QED) is 0.643. The number of carbonyl (C=O) groups excluding carboxylic acids is 1. The van der Waals surface area contributed by atoms with Crippen LogP contribution in [0.15, 0.2) is 12.1 Å². The van der Waals surface area contributed by atoms with Crippen molar-refractivity contribution in [3.8, 4) is 0 Å². The van der Waals surface area contributed by atoms with E-state index in [1.54, 1.807) is 6.07 Å². The molecule has 1 aliphatic rings. The summed E-state index contributed by atoms with van der Waals surface area (Å²) < 4.78 is 25.7. The van der Waals surface area contributed by atoms with Gasteiger partial charge in [-0.3, -0.25) is 13.4 Å². The van der Waals surface area contributed by atoms with Crippen molar-refractivity contribution in [3.63, 3.8) is 0 Å². The smallest absolute Gasteiger partial charge is 0.356 e. The first-order valence-corrected chi connectivity index (χ1v) is 7.29. The van der Waals surface area contributed by atoms with E-state index in [-0.39, 0.29) is 10.8 Å². The summed E-state index contributed by atoms with van der Waals surface area (Å²) >= 11 is 5.97. The number of ether oxygens (including phenoxy) is 1. The topological polar surface area (TPSA) is 82.9 Å². The lowest BCUT2D eigenvalue weighted by molar-refractivity contribution is 0.0594. The van der Waals surface area contributed by atoms with Crippen molar-refractivity contribution in [1.29, 1.82) is 0 Å². The Balaban J connectivity index is 2.33. The van der Waals surface area contributed by atoms with Gasteiger partial charge < -0.3 is 4.74 Å². The Morgan fingerprint density at radius 1 is 1.56 bits per heavy atom. The van der Waals surface area contributed by atoms with Gasteiger partial charge in [-0.05, 0) is 18.6 Å². The van der Waals surface area contributed by atoms with Crippen LogP contribution in [0.2, 0.25) is 5.15 Å². The molecule has 0 unspecified atom stereocenters. The zero-order chi connectivity index (χ0) is 13.3. The Bertz CT molecular complexity index is 483. The molecule has 1 fully saturated rings. The lowest BCUT2D eigenvalue weighted by Gasteiger charge is -2.38. The van der Waals surface area contributed by atoms with Crippen LogP contribution in [-0.4, -0.2) is 39.5 Å². The maximum Gasteiger partial charge on any atom is 0.356 e. The SMILES string of the molecule is COC(=O)c1ccc(N2CCCS2(O)O)c(Cl)n1. The van der Waals surface area contributed by atoms with Gasteiger partial charge in [-0.25, -0.2) is 9.78 Å². The molecule has 0 amide bonds. The molecule has 18 heavy (non-hydrogen) atoms. The summed E-state index contributed by atoms with van der Waals surface area (Å²) in [4.78, 5) is 15.2. The van der Waals surface area contributed by atoms with Crippen molar-refractivity contribution >= 4 is 34.0 Å². The zero-order valence-corrected chi connectivity index (χ0v) is 11.2. The first-order valence-electron chi connectivity index (χ1n) is 5.24. The van der Waals surface area contributed by atoms with Crippen LogP contribution in [0, 0.1) is 0 Å². The molecule has 0 spiro atoms. The van der Waals surface area contributed by atoms with E-state index in [2.05, 4.69) is 9.72 Å². The van der Waals surface area contributed by atoms with Crippen LogP contribution in [0.1, 0.15) is 16.9 Å². The monoisotopic (exact) mass is 292 g/mol. The molecule has 1 aromatic rings. The van der Waals surface area contributed by atoms with Crippen molar-refractivity contribution in [1.82, 2.24) is 4.98 Å². The summed E-state index contributed by atoms with van der Waals surface area (Å²) in [6, 6.07) is 2.99. The Kier molecular flexibility index (Phi) is 3.67. The van der Waals surface area contributed by atoms with Gasteiger partial charge in [0.05, 0.1) is 18.6 Å². The highest BCUT2D eigenvalue weighted by atomic mass is 35.5. The van der Waals surface area contributed by atoms with Gasteiger partial charge in [-0.15, -0.1) is 10.8 Å². The normalized spacial score (nSPS) is 19.7. The third-order valence-electron chi connectivity index (χ3n) is 2.62. The molecule has 0 saturated carbocycles. The van der Waals surface area contributed by atoms with Crippen LogP contribution in [0.4, 0.5) is 5.69 Å². The van der Waals surface area contributed by atoms with Gasteiger partial charge in [-0.1, -0.05) is 11.6 Å². The first kappa shape index (κ1) is 13.4. The van der Waals surface area contributed by atoms with Crippen molar-refractivity contribution in [2.75, 3.05) is 23.7 Å². The second-order valence-electron chi connectivity index (χ2n) is 3.79. The second kappa shape index (κ2) is 4.93. The maximum absolute atomic E-state index is 11.3. The molecule has 1 aromatic heterocycles. The summed E-state index contributed by atoms with van der Waals surface area (Å²) in [6.45, 7) is 0.501. The van der Waals surface area contributed by atoms with Crippen LogP contribution in [-0.2, 0) is 4.74 Å². The number of aromatic nitrogens is 1. The fraction of sp³-hybridized carbons (Fsp3) is 0.400. The lowest BCUT2D eigenvalue weighted by atomic mass is 10.3. The van der Waals surface area contributed by atoms with Crippen molar-refractivity contribution in [2.24, 2.45) is 0 Å². The number of rotatable bonds is 2. The number of pyridine rings is 1. The number of esters is 1. The molecule has 0 atom stereocenters. The Labute approximate surface area is 111 Å². The van der Waals surface area contributed by atoms with Gasteiger partial charge in [0.15, 0.2) is 5.15 Å². The van der Waals surface area contributed by atoms with E-state index in [0.717, 1.165) is 0 Å². The van der Waals surface area contributed by atoms with Crippen molar-refractivity contribution in [2.45, 2.75) is 6.42 Å². The molecule has 8 heteroatoms. The molecule has 2 N–H and O–H groups in total. The highest BCUT2D eigenvalue weighted by molar-refractivity contribution is 8.25. The van der Waals surface area contributed by atoms with Gasteiger partial charge in [0, 0.05) is 6.54 Å². The van der Waals surface area contributed by atoms with Gasteiger partial charge in [0.2, 0.25) is 0 Å². The summed E-state index contributed by atoms with van der Waals surface area (Å²) in [7, 11) is -1.56. The molecule has 0 aromatic carbocycles. The molecular weight excluding hydrogens is 280 g/mol. The molecule has 0 aliphatic carbocycles. The number of carbonyl (C=O) groups is 1. The molecule has 1 aliphatic heterocycles. The highest BCUT2D eigenvalue weighted by Gasteiger charge is 2.31. The summed E-state index contributed by atoms with van der Waals surface area (Å²) in [5.41, 5.74) is 0.503. The predicted molar refractivity (Wildman–Crippen MR) is 70.3 cm³/mol. The predicted octanol–water partition coefficient (Wildman–Crippen LogP) is 2.40. The summed E-state index contributed by atoms with van der Waals surface area (Å²) in [5, 5.41) is 0.0553.